The Morgan fingerprint density at radius 1 is 1.09 bits per heavy atom. The number of rotatable bonds is 2. The molecule has 4 aliphatic rings. The fourth-order valence-electron chi connectivity index (χ4n) is 5.71. The maximum atomic E-state index is 11.1. The van der Waals surface area contributed by atoms with Gasteiger partial charge in [-0.15, -0.1) is 6.58 Å². The molecular formula is C19H28O3. The molecule has 0 aromatic carbocycles. The third-order valence-electron chi connectivity index (χ3n) is 6.67. The van der Waals surface area contributed by atoms with Crippen molar-refractivity contribution in [2.45, 2.75) is 38.6 Å². The van der Waals surface area contributed by atoms with Crippen molar-refractivity contribution in [3.63, 3.8) is 0 Å². The molecule has 0 aromatic rings. The molecule has 3 aliphatic carbocycles. The van der Waals surface area contributed by atoms with Gasteiger partial charge in [0, 0.05) is 17.8 Å². The molecule has 3 fully saturated rings. The molecule has 3 heteroatoms. The van der Waals surface area contributed by atoms with Crippen molar-refractivity contribution in [3.05, 3.63) is 24.8 Å². The average Bonchev–Trinajstić information content (AvgIpc) is 3.14. The van der Waals surface area contributed by atoms with E-state index >= 15 is 0 Å². The van der Waals surface area contributed by atoms with E-state index in [9.17, 15) is 5.11 Å². The van der Waals surface area contributed by atoms with E-state index in [1.54, 1.807) is 0 Å². The Hall–Kier alpha value is -0.640. The molecule has 3 nitrogen and oxygen atoms in total. The Labute approximate surface area is 133 Å². The minimum absolute atomic E-state index is 0.173. The average molecular weight is 304 g/mol. The predicted molar refractivity (Wildman–Crippen MR) is 85.0 cm³/mol. The van der Waals surface area contributed by atoms with Gasteiger partial charge >= 0.3 is 0 Å². The van der Waals surface area contributed by atoms with Crippen molar-refractivity contribution >= 4 is 0 Å². The van der Waals surface area contributed by atoms with Crippen LogP contribution in [-0.2, 0) is 9.47 Å². The van der Waals surface area contributed by atoms with E-state index < -0.39 is 0 Å². The van der Waals surface area contributed by atoms with Crippen LogP contribution < -0.4 is 0 Å². The van der Waals surface area contributed by atoms with Crippen molar-refractivity contribution in [1.29, 1.82) is 0 Å². The molecule has 0 spiro atoms. The van der Waals surface area contributed by atoms with Gasteiger partial charge in [0.1, 0.15) is 0 Å². The zero-order chi connectivity index (χ0) is 15.3. The maximum Gasteiger partial charge on any atom is 0.161 e. The molecule has 1 heterocycles. The van der Waals surface area contributed by atoms with Gasteiger partial charge in [-0.25, -0.2) is 0 Å². The van der Waals surface area contributed by atoms with Gasteiger partial charge in [0.2, 0.25) is 0 Å². The van der Waals surface area contributed by atoms with Gasteiger partial charge in [0.25, 0.3) is 0 Å². The summed E-state index contributed by atoms with van der Waals surface area (Å²) < 4.78 is 11.7. The normalized spacial score (nSPS) is 51.5. The molecule has 122 valence electrons. The molecule has 22 heavy (non-hydrogen) atoms. The van der Waals surface area contributed by atoms with Crippen LogP contribution in [0.1, 0.15) is 26.2 Å². The van der Waals surface area contributed by atoms with E-state index in [0.29, 0.717) is 31.0 Å². The fraction of sp³-hybridized carbons (Fsp3) is 0.789. The topological polar surface area (TPSA) is 38.7 Å². The number of ether oxygens (including phenoxy) is 2. The smallest absolute Gasteiger partial charge is 0.161 e. The molecule has 1 aliphatic heterocycles. The molecule has 0 bridgehead atoms. The highest BCUT2D eigenvalue weighted by molar-refractivity contribution is 5.18. The highest BCUT2D eigenvalue weighted by Gasteiger charge is 2.56. The lowest BCUT2D eigenvalue weighted by molar-refractivity contribution is -0.127. The van der Waals surface area contributed by atoms with Gasteiger partial charge in [-0.3, -0.25) is 0 Å². The van der Waals surface area contributed by atoms with Gasteiger partial charge < -0.3 is 14.6 Å². The Kier molecular flexibility index (Phi) is 3.91. The summed E-state index contributed by atoms with van der Waals surface area (Å²) in [4.78, 5) is 0. The van der Waals surface area contributed by atoms with Crippen LogP contribution in [-0.4, -0.2) is 30.7 Å². The molecule has 4 rings (SSSR count). The third kappa shape index (κ3) is 2.21. The number of allylic oxidation sites excluding steroid dienone is 3. The quantitative estimate of drug-likeness (QED) is 0.797. The Morgan fingerprint density at radius 2 is 1.86 bits per heavy atom. The lowest BCUT2D eigenvalue weighted by Crippen LogP contribution is -2.42. The summed E-state index contributed by atoms with van der Waals surface area (Å²) in [6, 6.07) is 0. The minimum atomic E-state index is -0.215. The zero-order valence-corrected chi connectivity index (χ0v) is 13.4. The SMILES string of the molecule is C=C[C@@H]1C=C[C@H]2[C@@H]3C[C@H](C)CC[C@H]3[C@H](O)[C@@H]2[C@H]1C1OCCO1. The van der Waals surface area contributed by atoms with E-state index in [1.807, 2.05) is 6.08 Å². The molecule has 0 amide bonds. The van der Waals surface area contributed by atoms with Gasteiger partial charge in [-0.2, -0.15) is 0 Å². The molecule has 2 saturated carbocycles. The van der Waals surface area contributed by atoms with Crippen LogP contribution >= 0.6 is 0 Å². The summed E-state index contributed by atoms with van der Waals surface area (Å²) in [5.41, 5.74) is 0. The number of hydrogen-bond acceptors (Lipinski definition) is 3. The molecule has 0 unspecified atom stereocenters. The Morgan fingerprint density at radius 3 is 2.59 bits per heavy atom. The van der Waals surface area contributed by atoms with Crippen molar-refractivity contribution in [1.82, 2.24) is 0 Å². The van der Waals surface area contributed by atoms with Crippen LogP contribution in [0.25, 0.3) is 0 Å². The second-order valence-electron chi connectivity index (χ2n) is 7.78. The van der Waals surface area contributed by atoms with Crippen LogP contribution in [0.2, 0.25) is 0 Å². The van der Waals surface area contributed by atoms with Crippen LogP contribution in [0.4, 0.5) is 0 Å². The summed E-state index contributed by atoms with van der Waals surface area (Å²) in [5, 5.41) is 11.1. The van der Waals surface area contributed by atoms with Gasteiger partial charge in [-0.1, -0.05) is 31.6 Å². The van der Waals surface area contributed by atoms with Gasteiger partial charge in [-0.05, 0) is 36.5 Å². The van der Waals surface area contributed by atoms with E-state index in [1.165, 1.54) is 19.3 Å². The van der Waals surface area contributed by atoms with Gasteiger partial charge in [0.15, 0.2) is 6.29 Å². The van der Waals surface area contributed by atoms with Crippen LogP contribution in [0.3, 0.4) is 0 Å². The van der Waals surface area contributed by atoms with E-state index in [0.717, 1.165) is 5.92 Å². The van der Waals surface area contributed by atoms with Crippen LogP contribution in [0, 0.1) is 41.4 Å². The first-order valence-corrected chi connectivity index (χ1v) is 8.93. The molecular weight excluding hydrogens is 276 g/mol. The van der Waals surface area contributed by atoms with Crippen LogP contribution in [0.5, 0.6) is 0 Å². The Bertz CT molecular complexity index is 454. The van der Waals surface area contributed by atoms with E-state index in [2.05, 4.69) is 25.7 Å². The second kappa shape index (κ2) is 5.77. The number of hydrogen-bond donors (Lipinski definition) is 1. The van der Waals surface area contributed by atoms with Crippen LogP contribution in [0.15, 0.2) is 24.8 Å². The summed E-state index contributed by atoms with van der Waals surface area (Å²) in [6.07, 6.45) is 9.96. The number of fused-ring (bicyclic) bond motifs is 3. The summed E-state index contributed by atoms with van der Waals surface area (Å²) >= 11 is 0. The van der Waals surface area contributed by atoms with Crippen molar-refractivity contribution < 1.29 is 14.6 Å². The highest BCUT2D eigenvalue weighted by atomic mass is 16.7. The molecule has 0 radical (unpaired) electrons. The van der Waals surface area contributed by atoms with Crippen molar-refractivity contribution in [3.8, 4) is 0 Å². The van der Waals surface area contributed by atoms with Gasteiger partial charge in [0.05, 0.1) is 19.3 Å². The number of aliphatic hydroxyl groups excluding tert-OH is 1. The fourth-order valence-corrected chi connectivity index (χ4v) is 5.71. The highest BCUT2D eigenvalue weighted by Crippen LogP contribution is 2.57. The number of aliphatic hydroxyl groups is 1. The first-order valence-electron chi connectivity index (χ1n) is 8.93. The second-order valence-corrected chi connectivity index (χ2v) is 7.78. The molecule has 0 aromatic heterocycles. The lowest BCUT2D eigenvalue weighted by atomic mass is 9.68. The summed E-state index contributed by atoms with van der Waals surface area (Å²) in [6.45, 7) is 7.71. The summed E-state index contributed by atoms with van der Waals surface area (Å²) in [7, 11) is 0. The standard InChI is InChI=1S/C19H28O3/c1-3-12-5-7-13-15-10-11(2)4-6-14(15)18(20)17(13)16(12)19-21-8-9-22-19/h3,5,7,11-20H,1,4,6,8-10H2,2H3/t11-,12-,13+,14-,15+,16+,17+,18+/m1/s1. The lowest BCUT2D eigenvalue weighted by Gasteiger charge is -2.40. The first-order chi connectivity index (χ1) is 10.7. The molecule has 8 atom stereocenters. The monoisotopic (exact) mass is 304 g/mol. The summed E-state index contributed by atoms with van der Waals surface area (Å²) in [5.74, 6) is 3.09. The van der Waals surface area contributed by atoms with E-state index in [-0.39, 0.29) is 30.1 Å². The third-order valence-corrected chi connectivity index (χ3v) is 6.67. The van der Waals surface area contributed by atoms with Crippen molar-refractivity contribution in [2.24, 2.45) is 41.4 Å². The molecule has 1 saturated heterocycles. The minimum Gasteiger partial charge on any atom is -0.393 e. The Balaban J connectivity index is 1.67. The van der Waals surface area contributed by atoms with Crippen molar-refractivity contribution in [2.75, 3.05) is 13.2 Å². The molecule has 1 N–H and O–H groups in total. The first kappa shape index (κ1) is 14.9. The van der Waals surface area contributed by atoms with E-state index in [4.69, 9.17) is 9.47 Å². The zero-order valence-electron chi connectivity index (χ0n) is 13.4. The largest absolute Gasteiger partial charge is 0.393 e. The predicted octanol–water partition coefficient (Wildman–Crippen LogP) is 3.01. The maximum absolute atomic E-state index is 11.1.